The van der Waals surface area contributed by atoms with E-state index in [1.807, 2.05) is 62.4 Å². The minimum atomic E-state index is -3.80. The first-order valence-electron chi connectivity index (χ1n) is 11.0. The number of para-hydroxylation sites is 1. The maximum Gasteiger partial charge on any atom is 0.264 e. The summed E-state index contributed by atoms with van der Waals surface area (Å²) in [5.74, 6) is 0.543. The predicted molar refractivity (Wildman–Crippen MR) is 129 cm³/mol. The summed E-state index contributed by atoms with van der Waals surface area (Å²) < 4.78 is 34.0. The molecule has 0 saturated heterocycles. The normalized spacial score (nSPS) is 15.2. The van der Waals surface area contributed by atoms with Gasteiger partial charge in [-0.3, -0.25) is 9.10 Å². The van der Waals surface area contributed by atoms with Gasteiger partial charge in [0.2, 0.25) is 0 Å². The molecular formula is C26H28N2O4S. The quantitative estimate of drug-likeness (QED) is 0.516. The van der Waals surface area contributed by atoms with E-state index in [0.717, 1.165) is 16.9 Å². The Morgan fingerprint density at radius 1 is 1.06 bits per heavy atom. The first-order chi connectivity index (χ1) is 15.8. The SMILES string of the molecule is CCOc1ccc(CN(C)C(=O)c2cccc(S(=O)(=O)N3c4ccccc4C[C@H]3C)c2)cc1. The summed E-state index contributed by atoms with van der Waals surface area (Å²) in [6, 6.07) is 21.2. The summed E-state index contributed by atoms with van der Waals surface area (Å²) in [4.78, 5) is 14.8. The number of ether oxygens (including phenoxy) is 1. The molecule has 3 aromatic carbocycles. The molecule has 33 heavy (non-hydrogen) atoms. The van der Waals surface area contributed by atoms with Crippen molar-refractivity contribution in [1.29, 1.82) is 0 Å². The fourth-order valence-electron chi connectivity index (χ4n) is 4.23. The van der Waals surface area contributed by atoms with Crippen molar-refractivity contribution in [1.82, 2.24) is 4.90 Å². The molecule has 6 nitrogen and oxygen atoms in total. The summed E-state index contributed by atoms with van der Waals surface area (Å²) in [6.45, 7) is 4.83. The van der Waals surface area contributed by atoms with E-state index in [4.69, 9.17) is 4.74 Å². The van der Waals surface area contributed by atoms with Crippen LogP contribution in [0, 0.1) is 0 Å². The molecule has 0 aromatic heterocycles. The van der Waals surface area contributed by atoms with E-state index in [2.05, 4.69) is 0 Å². The average Bonchev–Trinajstić information content (AvgIpc) is 3.16. The lowest BCUT2D eigenvalue weighted by atomic mass is 10.1. The number of anilines is 1. The van der Waals surface area contributed by atoms with E-state index in [9.17, 15) is 13.2 Å². The topological polar surface area (TPSA) is 66.9 Å². The maximum absolute atomic E-state index is 13.5. The number of rotatable bonds is 7. The molecule has 1 heterocycles. The van der Waals surface area contributed by atoms with Crippen molar-refractivity contribution in [3.05, 3.63) is 89.5 Å². The van der Waals surface area contributed by atoms with Crippen LogP contribution in [0.1, 0.15) is 35.3 Å². The smallest absolute Gasteiger partial charge is 0.264 e. The molecule has 0 saturated carbocycles. The molecule has 7 heteroatoms. The number of hydrogen-bond donors (Lipinski definition) is 0. The fourth-order valence-corrected chi connectivity index (χ4v) is 5.97. The number of amides is 1. The minimum absolute atomic E-state index is 0.117. The van der Waals surface area contributed by atoms with Crippen LogP contribution in [0.25, 0.3) is 0 Å². The van der Waals surface area contributed by atoms with Crippen LogP contribution in [-0.2, 0) is 23.0 Å². The van der Waals surface area contributed by atoms with Crippen molar-refractivity contribution in [2.24, 2.45) is 0 Å². The highest BCUT2D eigenvalue weighted by Crippen LogP contribution is 2.36. The van der Waals surface area contributed by atoms with Crippen LogP contribution in [0.3, 0.4) is 0 Å². The fraction of sp³-hybridized carbons (Fsp3) is 0.269. The molecule has 0 unspecified atom stereocenters. The van der Waals surface area contributed by atoms with Crippen molar-refractivity contribution in [2.45, 2.75) is 37.8 Å². The summed E-state index contributed by atoms with van der Waals surface area (Å²) in [7, 11) is -2.10. The first-order valence-corrected chi connectivity index (χ1v) is 12.4. The van der Waals surface area contributed by atoms with E-state index in [-0.39, 0.29) is 16.8 Å². The van der Waals surface area contributed by atoms with Gasteiger partial charge < -0.3 is 9.64 Å². The van der Waals surface area contributed by atoms with Crippen molar-refractivity contribution in [3.63, 3.8) is 0 Å². The Balaban J connectivity index is 1.55. The molecule has 1 amide bonds. The lowest BCUT2D eigenvalue weighted by Gasteiger charge is -2.25. The second-order valence-electron chi connectivity index (χ2n) is 8.25. The molecular weight excluding hydrogens is 436 g/mol. The minimum Gasteiger partial charge on any atom is -0.494 e. The van der Waals surface area contributed by atoms with E-state index in [0.29, 0.717) is 30.8 Å². The maximum atomic E-state index is 13.5. The Morgan fingerprint density at radius 3 is 2.52 bits per heavy atom. The molecule has 1 aliphatic rings. The van der Waals surface area contributed by atoms with Gasteiger partial charge in [-0.25, -0.2) is 8.42 Å². The average molecular weight is 465 g/mol. The van der Waals surface area contributed by atoms with Crippen LogP contribution in [0.15, 0.2) is 77.7 Å². The first kappa shape index (κ1) is 22.9. The highest BCUT2D eigenvalue weighted by atomic mass is 32.2. The standard InChI is InChI=1S/C26H28N2O4S/c1-4-32-23-14-12-20(13-15-23)18-27(3)26(29)22-9-7-10-24(17-22)33(30,31)28-19(2)16-21-8-5-6-11-25(21)28/h5-15,17,19H,4,16,18H2,1-3H3/t19-/m1/s1. The second kappa shape index (κ2) is 9.27. The molecule has 1 aliphatic heterocycles. The van der Waals surface area contributed by atoms with Gasteiger partial charge in [-0.2, -0.15) is 0 Å². The Bertz CT molecular complexity index is 1260. The van der Waals surface area contributed by atoms with E-state index in [1.54, 1.807) is 30.1 Å². The van der Waals surface area contributed by atoms with Gasteiger partial charge in [-0.15, -0.1) is 0 Å². The molecule has 0 fully saturated rings. The van der Waals surface area contributed by atoms with Crippen LogP contribution in [0.5, 0.6) is 5.75 Å². The third-order valence-corrected chi connectivity index (χ3v) is 7.71. The molecule has 0 spiro atoms. The Morgan fingerprint density at radius 2 is 1.79 bits per heavy atom. The van der Waals surface area contributed by atoms with Gasteiger partial charge in [0.15, 0.2) is 0 Å². The molecule has 172 valence electrons. The summed E-state index contributed by atoms with van der Waals surface area (Å²) in [5.41, 5.74) is 3.01. The molecule has 4 rings (SSSR count). The van der Waals surface area contributed by atoms with E-state index < -0.39 is 10.0 Å². The number of carbonyl (C=O) groups is 1. The Kier molecular flexibility index (Phi) is 6.42. The zero-order valence-electron chi connectivity index (χ0n) is 19.1. The van der Waals surface area contributed by atoms with Gasteiger partial charge in [0.25, 0.3) is 15.9 Å². The summed E-state index contributed by atoms with van der Waals surface area (Å²) in [6.07, 6.45) is 0.666. The monoisotopic (exact) mass is 464 g/mol. The van der Waals surface area contributed by atoms with Crippen molar-refractivity contribution < 1.29 is 17.9 Å². The van der Waals surface area contributed by atoms with Crippen LogP contribution in [0.4, 0.5) is 5.69 Å². The van der Waals surface area contributed by atoms with Crippen LogP contribution >= 0.6 is 0 Å². The molecule has 0 aliphatic carbocycles. The highest BCUT2D eigenvalue weighted by molar-refractivity contribution is 7.92. The lowest BCUT2D eigenvalue weighted by Crippen LogP contribution is -2.36. The Labute approximate surface area is 195 Å². The number of carbonyl (C=O) groups excluding carboxylic acids is 1. The zero-order chi connectivity index (χ0) is 23.6. The Hall–Kier alpha value is -3.32. The number of fused-ring (bicyclic) bond motifs is 1. The van der Waals surface area contributed by atoms with Crippen LogP contribution < -0.4 is 9.04 Å². The predicted octanol–water partition coefficient (Wildman–Crippen LogP) is 4.50. The third kappa shape index (κ3) is 4.59. The molecule has 0 radical (unpaired) electrons. The van der Waals surface area contributed by atoms with Crippen molar-refractivity contribution in [3.8, 4) is 5.75 Å². The third-order valence-electron chi connectivity index (χ3n) is 5.78. The number of hydrogen-bond acceptors (Lipinski definition) is 4. The van der Waals surface area contributed by atoms with Gasteiger partial charge in [0.1, 0.15) is 5.75 Å². The van der Waals surface area contributed by atoms with Crippen LogP contribution in [-0.4, -0.2) is 38.9 Å². The number of sulfonamides is 1. The second-order valence-corrected chi connectivity index (χ2v) is 10.1. The van der Waals surface area contributed by atoms with E-state index >= 15 is 0 Å². The molecule has 1 atom stereocenters. The van der Waals surface area contributed by atoms with Gasteiger partial charge in [0, 0.05) is 25.2 Å². The number of benzene rings is 3. The van der Waals surface area contributed by atoms with Crippen LogP contribution in [0.2, 0.25) is 0 Å². The number of nitrogens with zero attached hydrogens (tertiary/aromatic N) is 2. The van der Waals surface area contributed by atoms with Crippen molar-refractivity contribution in [2.75, 3.05) is 18.0 Å². The highest BCUT2D eigenvalue weighted by Gasteiger charge is 2.36. The lowest BCUT2D eigenvalue weighted by molar-refractivity contribution is 0.0785. The van der Waals surface area contributed by atoms with Gasteiger partial charge in [0.05, 0.1) is 17.2 Å². The summed E-state index contributed by atoms with van der Waals surface area (Å²) >= 11 is 0. The molecule has 3 aromatic rings. The van der Waals surface area contributed by atoms with E-state index in [1.165, 1.54) is 10.4 Å². The molecule has 0 bridgehead atoms. The molecule has 0 N–H and O–H groups in total. The van der Waals surface area contributed by atoms with Crippen molar-refractivity contribution >= 4 is 21.6 Å². The largest absolute Gasteiger partial charge is 0.494 e. The summed E-state index contributed by atoms with van der Waals surface area (Å²) in [5, 5.41) is 0. The van der Waals surface area contributed by atoms with Gasteiger partial charge >= 0.3 is 0 Å². The zero-order valence-corrected chi connectivity index (χ0v) is 19.9. The van der Waals surface area contributed by atoms with Gasteiger partial charge in [-0.05, 0) is 67.8 Å². The van der Waals surface area contributed by atoms with Gasteiger partial charge in [-0.1, -0.05) is 36.4 Å².